The van der Waals surface area contributed by atoms with Crippen molar-refractivity contribution in [1.29, 1.82) is 0 Å². The minimum Gasteiger partial charge on any atom is -0.508 e. The maximum Gasteiger partial charge on any atom is 0.573 e. The van der Waals surface area contributed by atoms with Crippen LogP contribution < -0.4 is 9.64 Å². The summed E-state index contributed by atoms with van der Waals surface area (Å²) >= 11 is 0. The Morgan fingerprint density at radius 1 is 1.16 bits per heavy atom. The lowest BCUT2D eigenvalue weighted by atomic mass is 10.2. The Hall–Kier alpha value is -1.63. The molecule has 1 aromatic carbocycles. The Bertz CT molecular complexity index is 443. The van der Waals surface area contributed by atoms with E-state index in [2.05, 4.69) is 9.64 Å². The summed E-state index contributed by atoms with van der Waals surface area (Å²) in [5, 5.41) is 9.44. The lowest BCUT2D eigenvalue weighted by Crippen LogP contribution is -2.44. The number of piperazine rings is 1. The van der Waals surface area contributed by atoms with E-state index in [1.165, 1.54) is 12.1 Å². The van der Waals surface area contributed by atoms with Gasteiger partial charge in [-0.1, -0.05) is 0 Å². The lowest BCUT2D eigenvalue weighted by molar-refractivity contribution is -0.274. The highest BCUT2D eigenvalue weighted by molar-refractivity contribution is 5.61. The fourth-order valence-corrected chi connectivity index (χ4v) is 2.01. The van der Waals surface area contributed by atoms with Crippen LogP contribution in [0.5, 0.6) is 11.5 Å². The first kappa shape index (κ1) is 13.8. The van der Waals surface area contributed by atoms with Crippen LogP contribution in [-0.2, 0) is 0 Å². The molecule has 1 aliphatic heterocycles. The fourth-order valence-electron chi connectivity index (χ4n) is 2.01. The summed E-state index contributed by atoms with van der Waals surface area (Å²) in [5.74, 6) is -0.363. The van der Waals surface area contributed by atoms with E-state index >= 15 is 0 Å². The highest BCUT2D eigenvalue weighted by Crippen LogP contribution is 2.35. The van der Waals surface area contributed by atoms with Gasteiger partial charge in [0.15, 0.2) is 5.75 Å². The average molecular weight is 276 g/mol. The number of anilines is 1. The molecule has 1 heterocycles. The third-order valence-electron chi connectivity index (χ3n) is 3.01. The van der Waals surface area contributed by atoms with Crippen LogP contribution in [0.15, 0.2) is 18.2 Å². The Labute approximate surface area is 109 Å². The zero-order valence-corrected chi connectivity index (χ0v) is 10.4. The molecular weight excluding hydrogens is 261 g/mol. The molecule has 4 nitrogen and oxygen atoms in total. The van der Waals surface area contributed by atoms with Gasteiger partial charge in [-0.25, -0.2) is 0 Å². The van der Waals surface area contributed by atoms with Gasteiger partial charge < -0.3 is 19.6 Å². The number of hydrogen-bond acceptors (Lipinski definition) is 4. The van der Waals surface area contributed by atoms with Gasteiger partial charge in [0.2, 0.25) is 0 Å². The smallest absolute Gasteiger partial charge is 0.508 e. The number of nitrogens with zero attached hydrogens (tertiary/aromatic N) is 2. The van der Waals surface area contributed by atoms with Crippen molar-refractivity contribution in [3.05, 3.63) is 18.2 Å². The number of phenolic OH excluding ortho intramolecular Hbond substituents is 1. The van der Waals surface area contributed by atoms with Crippen molar-refractivity contribution in [3.8, 4) is 11.5 Å². The summed E-state index contributed by atoms with van der Waals surface area (Å²) in [6.45, 7) is 2.69. The molecular formula is C12H15F3N2O2. The lowest BCUT2D eigenvalue weighted by Gasteiger charge is -2.34. The maximum absolute atomic E-state index is 12.3. The molecule has 1 aliphatic rings. The molecule has 0 bridgehead atoms. The molecule has 7 heteroatoms. The summed E-state index contributed by atoms with van der Waals surface area (Å²) < 4.78 is 41.0. The Morgan fingerprint density at radius 2 is 1.79 bits per heavy atom. The molecule has 0 aliphatic carbocycles. The normalized spacial score (nSPS) is 17.6. The van der Waals surface area contributed by atoms with E-state index in [0.29, 0.717) is 13.1 Å². The number of rotatable bonds is 2. The second-order valence-corrected chi connectivity index (χ2v) is 4.49. The molecule has 1 aromatic rings. The van der Waals surface area contributed by atoms with Crippen molar-refractivity contribution in [2.75, 3.05) is 38.1 Å². The second-order valence-electron chi connectivity index (χ2n) is 4.49. The zero-order chi connectivity index (χ0) is 14.0. The van der Waals surface area contributed by atoms with E-state index in [9.17, 15) is 18.3 Å². The van der Waals surface area contributed by atoms with Gasteiger partial charge in [-0.15, -0.1) is 13.2 Å². The van der Waals surface area contributed by atoms with E-state index in [-0.39, 0.29) is 17.2 Å². The van der Waals surface area contributed by atoms with Crippen LogP contribution in [0.3, 0.4) is 0 Å². The van der Waals surface area contributed by atoms with Crippen LogP contribution in [0.1, 0.15) is 0 Å². The molecule has 0 aromatic heterocycles. The molecule has 0 saturated carbocycles. The molecule has 1 fully saturated rings. The van der Waals surface area contributed by atoms with Crippen molar-refractivity contribution in [3.63, 3.8) is 0 Å². The maximum atomic E-state index is 12.3. The summed E-state index contributed by atoms with van der Waals surface area (Å²) in [6.07, 6.45) is -4.74. The van der Waals surface area contributed by atoms with Gasteiger partial charge in [0, 0.05) is 32.2 Å². The molecule has 2 rings (SSSR count). The van der Waals surface area contributed by atoms with Crippen LogP contribution in [0.25, 0.3) is 0 Å². The summed E-state index contributed by atoms with van der Waals surface area (Å²) in [5.41, 5.74) is 0.269. The van der Waals surface area contributed by atoms with E-state index in [1.807, 2.05) is 7.05 Å². The summed E-state index contributed by atoms with van der Waals surface area (Å²) in [7, 11) is 1.95. The van der Waals surface area contributed by atoms with Crippen LogP contribution in [-0.4, -0.2) is 49.6 Å². The number of benzene rings is 1. The van der Waals surface area contributed by atoms with Gasteiger partial charge in [0.05, 0.1) is 5.69 Å². The predicted molar refractivity (Wildman–Crippen MR) is 64.5 cm³/mol. The molecule has 0 unspecified atom stereocenters. The van der Waals surface area contributed by atoms with Gasteiger partial charge in [0.1, 0.15) is 5.75 Å². The Kier molecular flexibility index (Phi) is 3.75. The van der Waals surface area contributed by atoms with Crippen LogP contribution in [0, 0.1) is 0 Å². The van der Waals surface area contributed by atoms with Gasteiger partial charge in [-0.3, -0.25) is 0 Å². The molecule has 1 N–H and O–H groups in total. The van der Waals surface area contributed by atoms with Crippen molar-refractivity contribution >= 4 is 5.69 Å². The van der Waals surface area contributed by atoms with Crippen molar-refractivity contribution in [2.24, 2.45) is 0 Å². The first-order valence-corrected chi connectivity index (χ1v) is 5.87. The van der Waals surface area contributed by atoms with E-state index in [0.717, 1.165) is 19.2 Å². The number of aromatic hydroxyl groups is 1. The highest BCUT2D eigenvalue weighted by Gasteiger charge is 2.33. The van der Waals surface area contributed by atoms with Crippen LogP contribution >= 0.6 is 0 Å². The molecule has 0 atom stereocenters. The number of likely N-dealkylation sites (N-methyl/N-ethyl adjacent to an activating group) is 1. The molecule has 19 heavy (non-hydrogen) atoms. The first-order valence-electron chi connectivity index (χ1n) is 5.87. The van der Waals surface area contributed by atoms with Crippen molar-refractivity contribution in [1.82, 2.24) is 4.90 Å². The third-order valence-corrected chi connectivity index (χ3v) is 3.01. The molecule has 1 saturated heterocycles. The van der Waals surface area contributed by atoms with Gasteiger partial charge >= 0.3 is 6.36 Å². The topological polar surface area (TPSA) is 35.9 Å². The summed E-state index contributed by atoms with van der Waals surface area (Å²) in [4.78, 5) is 3.87. The quantitative estimate of drug-likeness (QED) is 0.896. The van der Waals surface area contributed by atoms with Gasteiger partial charge in [0.25, 0.3) is 0 Å². The fraction of sp³-hybridized carbons (Fsp3) is 0.500. The van der Waals surface area contributed by atoms with Crippen LogP contribution in [0.4, 0.5) is 18.9 Å². The largest absolute Gasteiger partial charge is 0.573 e. The minimum absolute atomic E-state index is 0.0801. The second kappa shape index (κ2) is 5.16. The van der Waals surface area contributed by atoms with Crippen molar-refractivity contribution < 1.29 is 23.0 Å². The Morgan fingerprint density at radius 3 is 2.37 bits per heavy atom. The first-order chi connectivity index (χ1) is 8.85. The zero-order valence-electron chi connectivity index (χ0n) is 10.4. The monoisotopic (exact) mass is 276 g/mol. The number of phenols is 1. The van der Waals surface area contributed by atoms with Crippen LogP contribution in [0.2, 0.25) is 0 Å². The number of alkyl halides is 3. The molecule has 0 radical (unpaired) electrons. The number of hydrogen-bond donors (Lipinski definition) is 1. The average Bonchev–Trinajstić information content (AvgIpc) is 2.31. The molecule has 0 amide bonds. The minimum atomic E-state index is -4.74. The number of ether oxygens (including phenoxy) is 1. The summed E-state index contributed by atoms with van der Waals surface area (Å²) in [6, 6.07) is 3.61. The standard InChI is InChI=1S/C12H15F3N2O2/c1-16-4-6-17(7-5-16)10-8-9(18)2-3-11(10)19-12(13,14)15/h2-3,8,18H,4-7H2,1H3. The highest BCUT2D eigenvalue weighted by atomic mass is 19.4. The van der Waals surface area contributed by atoms with Gasteiger partial charge in [-0.2, -0.15) is 0 Å². The predicted octanol–water partition coefficient (Wildman–Crippen LogP) is 2.04. The SMILES string of the molecule is CN1CCN(c2cc(O)ccc2OC(F)(F)F)CC1. The van der Waals surface area contributed by atoms with E-state index in [4.69, 9.17) is 0 Å². The van der Waals surface area contributed by atoms with E-state index < -0.39 is 6.36 Å². The van der Waals surface area contributed by atoms with Crippen molar-refractivity contribution in [2.45, 2.75) is 6.36 Å². The molecule has 106 valence electrons. The van der Waals surface area contributed by atoms with E-state index in [1.54, 1.807) is 4.90 Å². The third kappa shape index (κ3) is 3.66. The Balaban J connectivity index is 2.24. The molecule has 0 spiro atoms. The van der Waals surface area contributed by atoms with Gasteiger partial charge in [-0.05, 0) is 19.2 Å². The number of halogens is 3.